The van der Waals surface area contributed by atoms with Gasteiger partial charge in [0.2, 0.25) is 0 Å². The minimum atomic E-state index is 0.193. The van der Waals surface area contributed by atoms with Crippen LogP contribution in [-0.4, -0.2) is 6.04 Å². The highest BCUT2D eigenvalue weighted by Crippen LogP contribution is 2.41. The van der Waals surface area contributed by atoms with Crippen molar-refractivity contribution in [2.75, 3.05) is 5.32 Å². The highest BCUT2D eigenvalue weighted by molar-refractivity contribution is 5.54. The molecule has 2 heteroatoms. The minimum Gasteiger partial charge on any atom is -0.385 e. The van der Waals surface area contributed by atoms with E-state index in [-0.39, 0.29) is 5.41 Å². The van der Waals surface area contributed by atoms with Crippen LogP contribution in [0.4, 0.5) is 5.69 Å². The van der Waals surface area contributed by atoms with E-state index in [4.69, 9.17) is 0 Å². The summed E-state index contributed by atoms with van der Waals surface area (Å²) in [6.07, 6.45) is 17.1. The molecule has 0 radical (unpaired) electrons. The molecular formula is C33H48N2. The van der Waals surface area contributed by atoms with E-state index in [9.17, 15) is 0 Å². The second kappa shape index (κ2) is 14.4. The van der Waals surface area contributed by atoms with E-state index in [2.05, 4.69) is 127 Å². The molecule has 35 heavy (non-hydrogen) atoms. The van der Waals surface area contributed by atoms with E-state index in [0.29, 0.717) is 6.04 Å². The molecule has 1 aromatic rings. The van der Waals surface area contributed by atoms with Gasteiger partial charge in [-0.2, -0.15) is 0 Å². The molecule has 0 aromatic heterocycles. The number of rotatable bonds is 9. The van der Waals surface area contributed by atoms with Crippen molar-refractivity contribution in [3.05, 3.63) is 113 Å². The van der Waals surface area contributed by atoms with Crippen molar-refractivity contribution in [3.63, 3.8) is 0 Å². The Kier molecular flexibility index (Phi) is 12.4. The molecule has 2 nitrogen and oxygen atoms in total. The van der Waals surface area contributed by atoms with Crippen molar-refractivity contribution in [1.29, 1.82) is 0 Å². The average Bonchev–Trinajstić information content (AvgIpc) is 2.76. The number of anilines is 1. The summed E-state index contributed by atoms with van der Waals surface area (Å²) in [6.45, 7) is 27.4. The second-order valence-electron chi connectivity index (χ2n) is 9.96. The van der Waals surface area contributed by atoms with Crippen LogP contribution in [0.15, 0.2) is 102 Å². The smallest absolute Gasteiger partial charge is 0.0471 e. The van der Waals surface area contributed by atoms with Crippen LogP contribution in [0.25, 0.3) is 0 Å². The molecule has 2 N–H and O–H groups in total. The Hall–Kier alpha value is -3.00. The highest BCUT2D eigenvalue weighted by Gasteiger charge is 2.31. The van der Waals surface area contributed by atoms with Crippen LogP contribution < -0.4 is 10.6 Å². The lowest BCUT2D eigenvalue weighted by atomic mass is 9.71. The molecule has 2 rings (SSSR count). The zero-order chi connectivity index (χ0) is 26.6. The van der Waals surface area contributed by atoms with Crippen molar-refractivity contribution in [2.45, 2.75) is 81.2 Å². The first-order valence-corrected chi connectivity index (χ1v) is 12.9. The first-order chi connectivity index (χ1) is 16.5. The third kappa shape index (κ3) is 10.0. The van der Waals surface area contributed by atoms with Crippen LogP contribution in [0.3, 0.4) is 0 Å². The molecule has 1 aliphatic carbocycles. The molecule has 1 atom stereocenters. The summed E-state index contributed by atoms with van der Waals surface area (Å²) in [7, 11) is 0. The Bertz CT molecular complexity index is 1000. The van der Waals surface area contributed by atoms with Gasteiger partial charge in [-0.25, -0.2) is 0 Å². The van der Waals surface area contributed by atoms with Gasteiger partial charge in [-0.05, 0) is 105 Å². The lowest BCUT2D eigenvalue weighted by Gasteiger charge is -2.37. The summed E-state index contributed by atoms with van der Waals surface area (Å²) < 4.78 is 0. The highest BCUT2D eigenvalue weighted by atomic mass is 14.9. The number of allylic oxidation sites excluding steroid dienone is 9. The Balaban J connectivity index is 0.00000298. The van der Waals surface area contributed by atoms with E-state index in [0.717, 1.165) is 23.4 Å². The normalized spacial score (nSPS) is 18.4. The third-order valence-corrected chi connectivity index (χ3v) is 6.21. The van der Waals surface area contributed by atoms with Gasteiger partial charge >= 0.3 is 0 Å². The van der Waals surface area contributed by atoms with Crippen LogP contribution in [-0.2, 0) is 0 Å². The van der Waals surface area contributed by atoms with Crippen molar-refractivity contribution >= 4 is 5.69 Å². The van der Waals surface area contributed by atoms with Crippen molar-refractivity contribution in [2.24, 2.45) is 5.41 Å². The van der Waals surface area contributed by atoms with Gasteiger partial charge in [-0.15, -0.1) is 0 Å². The van der Waals surface area contributed by atoms with Crippen molar-refractivity contribution in [1.82, 2.24) is 5.32 Å². The topological polar surface area (TPSA) is 24.1 Å². The largest absolute Gasteiger partial charge is 0.385 e. The Morgan fingerprint density at radius 3 is 2.23 bits per heavy atom. The third-order valence-electron chi connectivity index (χ3n) is 6.21. The number of hydrogen-bond acceptors (Lipinski definition) is 2. The lowest BCUT2D eigenvalue weighted by molar-refractivity contribution is 0.348. The maximum Gasteiger partial charge on any atom is 0.0471 e. The maximum absolute atomic E-state index is 4.15. The summed E-state index contributed by atoms with van der Waals surface area (Å²) in [5.74, 6) is 0. The van der Waals surface area contributed by atoms with Gasteiger partial charge < -0.3 is 10.6 Å². The molecule has 0 spiro atoms. The molecular weight excluding hydrogens is 424 g/mol. The van der Waals surface area contributed by atoms with Gasteiger partial charge in [-0.3, -0.25) is 0 Å². The van der Waals surface area contributed by atoms with Crippen LogP contribution in [0.1, 0.15) is 72.4 Å². The van der Waals surface area contributed by atoms with Crippen LogP contribution >= 0.6 is 0 Å². The summed E-state index contributed by atoms with van der Waals surface area (Å²) in [4.78, 5) is 0. The zero-order valence-corrected chi connectivity index (χ0v) is 23.7. The molecule has 1 unspecified atom stereocenters. The fraction of sp³-hybridized carbons (Fsp3) is 0.394. The summed E-state index contributed by atoms with van der Waals surface area (Å²) in [5, 5.41) is 6.79. The van der Waals surface area contributed by atoms with Gasteiger partial charge in [0.15, 0.2) is 0 Å². The monoisotopic (exact) mass is 472 g/mol. The molecule has 0 fully saturated rings. The fourth-order valence-corrected chi connectivity index (χ4v) is 4.50. The Labute approximate surface area is 216 Å². The first-order valence-electron chi connectivity index (χ1n) is 12.9. The molecule has 0 saturated carbocycles. The average molecular weight is 473 g/mol. The SMILES string of the molecule is C=CNC1CCC(C)(C)C(/C=C/C(C)=C/C=C/C(C)=C/C(=C)Nc2cc(C)cc(C)c2)=C1C.CC. The summed E-state index contributed by atoms with van der Waals surface area (Å²) in [6, 6.07) is 6.83. The summed E-state index contributed by atoms with van der Waals surface area (Å²) >= 11 is 0. The maximum atomic E-state index is 4.15. The molecule has 190 valence electrons. The predicted octanol–water partition coefficient (Wildman–Crippen LogP) is 9.50. The molecule has 0 bridgehead atoms. The number of hydrogen-bond donors (Lipinski definition) is 2. The molecule has 0 saturated heterocycles. The number of nitrogens with one attached hydrogen (secondary N) is 2. The molecule has 1 aliphatic rings. The van der Waals surface area contributed by atoms with E-state index in [1.165, 1.54) is 34.3 Å². The lowest BCUT2D eigenvalue weighted by Crippen LogP contribution is -2.34. The van der Waals surface area contributed by atoms with Gasteiger partial charge in [0.05, 0.1) is 0 Å². The van der Waals surface area contributed by atoms with Gasteiger partial charge in [-0.1, -0.05) is 82.9 Å². The molecule has 0 aliphatic heterocycles. The van der Waals surface area contributed by atoms with Crippen molar-refractivity contribution < 1.29 is 0 Å². The van der Waals surface area contributed by atoms with Crippen molar-refractivity contribution in [3.8, 4) is 0 Å². The Morgan fingerprint density at radius 2 is 1.63 bits per heavy atom. The quantitative estimate of drug-likeness (QED) is 0.350. The van der Waals surface area contributed by atoms with Crippen LogP contribution in [0, 0.1) is 19.3 Å². The minimum absolute atomic E-state index is 0.193. The van der Waals surface area contributed by atoms with Gasteiger partial charge in [0.25, 0.3) is 0 Å². The van der Waals surface area contributed by atoms with Crippen LogP contribution in [0.5, 0.6) is 0 Å². The predicted molar refractivity (Wildman–Crippen MR) is 159 cm³/mol. The fourth-order valence-electron chi connectivity index (χ4n) is 4.50. The van der Waals surface area contributed by atoms with E-state index >= 15 is 0 Å². The second-order valence-corrected chi connectivity index (χ2v) is 9.96. The van der Waals surface area contributed by atoms with E-state index in [1.807, 2.05) is 20.0 Å². The Morgan fingerprint density at radius 1 is 1.00 bits per heavy atom. The van der Waals surface area contributed by atoms with E-state index in [1.54, 1.807) is 0 Å². The molecule has 1 aromatic carbocycles. The molecule has 0 heterocycles. The standard InChI is InChI=1S/C31H42N2.C2H6/c1-10-32-30-16-17-31(8,9)29(27(30)7)15-14-22(2)12-11-13-23(3)19-26(6)33-28-20-24(4)18-25(5)21-28;1-2/h10-15,18-21,30,32-33H,1,6,16-17H2,2-5,7-9H3;1-2H3/b13-11+,15-14+,22-12+,23-19+;. The zero-order valence-electron chi connectivity index (χ0n) is 23.7. The number of benzene rings is 1. The molecule has 0 amide bonds. The summed E-state index contributed by atoms with van der Waals surface area (Å²) in [5.41, 5.74) is 9.85. The van der Waals surface area contributed by atoms with Gasteiger partial charge in [0, 0.05) is 17.4 Å². The van der Waals surface area contributed by atoms with Crippen LogP contribution in [0.2, 0.25) is 0 Å². The number of aryl methyl sites for hydroxylation is 2. The van der Waals surface area contributed by atoms with Gasteiger partial charge in [0.1, 0.15) is 0 Å². The first kappa shape index (κ1) is 30.0. The van der Waals surface area contributed by atoms with E-state index < -0.39 is 0 Å².